The molecule has 0 aliphatic carbocycles. The van der Waals surface area contributed by atoms with Crippen LogP contribution in [0.25, 0.3) is 0 Å². The monoisotopic (exact) mass is 392 g/mol. The molecule has 0 fully saturated rings. The number of hydrogen-bond donors (Lipinski definition) is 2. The van der Waals surface area contributed by atoms with Gasteiger partial charge in [0.05, 0.1) is 19.3 Å². The Balaban J connectivity index is 2.88. The van der Waals surface area contributed by atoms with E-state index in [0.29, 0.717) is 25.4 Å². The molecular formula is C16H25ClN2O5S. The highest BCUT2D eigenvalue weighted by Crippen LogP contribution is 2.21. The molecule has 0 radical (unpaired) electrons. The van der Waals surface area contributed by atoms with Crippen LogP contribution >= 0.6 is 11.6 Å². The second kappa shape index (κ2) is 9.96. The van der Waals surface area contributed by atoms with Crippen LogP contribution in [0.2, 0.25) is 0 Å². The summed E-state index contributed by atoms with van der Waals surface area (Å²) in [5, 5.41) is 8.84. The number of aryl methyl sites for hydroxylation is 1. The zero-order valence-electron chi connectivity index (χ0n) is 14.4. The molecule has 142 valence electrons. The number of nitrogens with zero attached hydrogens (tertiary/aromatic N) is 1. The molecule has 7 nitrogen and oxygen atoms in total. The van der Waals surface area contributed by atoms with E-state index < -0.39 is 22.1 Å². The molecule has 1 unspecified atom stereocenters. The van der Waals surface area contributed by atoms with Gasteiger partial charge in [-0.1, -0.05) is 6.07 Å². The molecule has 0 heterocycles. The quantitative estimate of drug-likeness (QED) is 0.432. The summed E-state index contributed by atoms with van der Waals surface area (Å²) in [6, 6.07) is 5.30. The minimum absolute atomic E-state index is 0.0253. The molecule has 0 aliphatic rings. The fraction of sp³-hybridized carbons (Fsp3) is 0.562. The lowest BCUT2D eigenvalue weighted by Gasteiger charge is -2.25. The largest absolute Gasteiger partial charge is 0.481 e. The molecule has 1 aromatic carbocycles. The van der Waals surface area contributed by atoms with Crippen molar-refractivity contribution in [3.05, 3.63) is 29.3 Å². The molecule has 0 bridgehead atoms. The van der Waals surface area contributed by atoms with Crippen molar-refractivity contribution in [3.63, 3.8) is 0 Å². The van der Waals surface area contributed by atoms with Crippen LogP contribution in [0.1, 0.15) is 17.5 Å². The molecule has 1 atom stereocenters. The van der Waals surface area contributed by atoms with Gasteiger partial charge in [0.15, 0.2) is 0 Å². The van der Waals surface area contributed by atoms with Gasteiger partial charge in [-0.2, -0.15) is 8.42 Å². The van der Waals surface area contributed by atoms with E-state index in [1.165, 1.54) is 0 Å². The van der Waals surface area contributed by atoms with E-state index in [1.807, 2.05) is 30.0 Å². The Labute approximate surface area is 153 Å². The summed E-state index contributed by atoms with van der Waals surface area (Å²) in [5.74, 6) is -0.552. The lowest BCUT2D eigenvalue weighted by atomic mass is 9.99. The molecule has 0 aromatic heterocycles. The normalized spacial score (nSPS) is 12.8. The first-order valence-electron chi connectivity index (χ1n) is 7.84. The lowest BCUT2D eigenvalue weighted by molar-refractivity contribution is -0.137. The van der Waals surface area contributed by atoms with Crippen LogP contribution < -0.4 is 10.6 Å². The van der Waals surface area contributed by atoms with Gasteiger partial charge >= 0.3 is 5.97 Å². The van der Waals surface area contributed by atoms with Gasteiger partial charge in [0.2, 0.25) is 0 Å². The summed E-state index contributed by atoms with van der Waals surface area (Å²) in [7, 11) is -3.49. The van der Waals surface area contributed by atoms with Crippen LogP contribution in [-0.2, 0) is 25.5 Å². The maximum absolute atomic E-state index is 11.1. The molecule has 0 saturated carbocycles. The van der Waals surface area contributed by atoms with Crippen LogP contribution in [-0.4, -0.2) is 57.4 Å². The van der Waals surface area contributed by atoms with Gasteiger partial charge in [-0.15, -0.1) is 11.6 Å². The van der Waals surface area contributed by atoms with Gasteiger partial charge in [-0.25, -0.2) is 0 Å². The molecule has 9 heteroatoms. The second-order valence-corrected chi connectivity index (χ2v) is 7.90. The SMILES string of the molecule is Cc1ccc(N(CCCl)CCOS(C)(=O)=O)cc1CC(N)CC(=O)O. The Bertz CT molecular complexity index is 681. The Morgan fingerprint density at radius 3 is 2.64 bits per heavy atom. The number of aliphatic carboxylic acids is 1. The Morgan fingerprint density at radius 2 is 2.08 bits per heavy atom. The van der Waals surface area contributed by atoms with Gasteiger partial charge in [0.25, 0.3) is 10.1 Å². The Morgan fingerprint density at radius 1 is 1.40 bits per heavy atom. The number of carboxylic acids is 1. The van der Waals surface area contributed by atoms with Crippen molar-refractivity contribution in [2.24, 2.45) is 5.73 Å². The lowest BCUT2D eigenvalue weighted by Crippen LogP contribution is -2.30. The highest BCUT2D eigenvalue weighted by Gasteiger charge is 2.14. The number of benzene rings is 1. The van der Waals surface area contributed by atoms with Crippen molar-refractivity contribution in [1.82, 2.24) is 0 Å². The first-order chi connectivity index (χ1) is 11.6. The summed E-state index contributed by atoms with van der Waals surface area (Å²) < 4.78 is 27.0. The topological polar surface area (TPSA) is 110 Å². The predicted octanol–water partition coefficient (Wildman–Crippen LogP) is 1.36. The zero-order valence-corrected chi connectivity index (χ0v) is 16.0. The number of carboxylic acid groups (broad SMARTS) is 1. The first kappa shape index (κ1) is 21.7. The minimum Gasteiger partial charge on any atom is -0.481 e. The van der Waals surface area contributed by atoms with Crippen molar-refractivity contribution in [2.75, 3.05) is 36.7 Å². The number of halogens is 1. The highest BCUT2D eigenvalue weighted by molar-refractivity contribution is 7.85. The van der Waals surface area contributed by atoms with Gasteiger partial charge in [0, 0.05) is 30.7 Å². The number of alkyl halides is 1. The van der Waals surface area contributed by atoms with Gasteiger partial charge in [-0.05, 0) is 36.6 Å². The van der Waals surface area contributed by atoms with Crippen LogP contribution in [0, 0.1) is 6.92 Å². The van der Waals surface area contributed by atoms with Crippen molar-refractivity contribution in [2.45, 2.75) is 25.8 Å². The third-order valence-corrected chi connectivity index (χ3v) is 4.39. The fourth-order valence-corrected chi connectivity index (χ4v) is 3.01. The van der Waals surface area contributed by atoms with E-state index in [4.69, 9.17) is 26.6 Å². The summed E-state index contributed by atoms with van der Waals surface area (Å²) in [5.41, 5.74) is 8.72. The molecule has 0 saturated heterocycles. The molecule has 1 aromatic rings. The minimum atomic E-state index is -3.49. The van der Waals surface area contributed by atoms with Crippen molar-refractivity contribution < 1.29 is 22.5 Å². The Kier molecular flexibility index (Phi) is 8.64. The van der Waals surface area contributed by atoms with Gasteiger partial charge < -0.3 is 15.7 Å². The standard InChI is InChI=1S/C16H25ClN2O5S/c1-12-3-4-15(10-13(12)9-14(18)11-16(20)21)19(6-5-17)7-8-24-25(2,22)23/h3-4,10,14H,5-9,11,18H2,1-2H3,(H,20,21). The highest BCUT2D eigenvalue weighted by atomic mass is 35.5. The van der Waals surface area contributed by atoms with E-state index in [2.05, 4.69) is 0 Å². The predicted molar refractivity (Wildman–Crippen MR) is 98.8 cm³/mol. The van der Waals surface area contributed by atoms with E-state index in [-0.39, 0.29) is 13.0 Å². The van der Waals surface area contributed by atoms with E-state index in [1.54, 1.807) is 0 Å². The molecule has 25 heavy (non-hydrogen) atoms. The van der Waals surface area contributed by atoms with E-state index >= 15 is 0 Å². The van der Waals surface area contributed by atoms with Gasteiger partial charge in [0.1, 0.15) is 0 Å². The van der Waals surface area contributed by atoms with E-state index in [9.17, 15) is 13.2 Å². The van der Waals surface area contributed by atoms with Crippen LogP contribution in [0.15, 0.2) is 18.2 Å². The average Bonchev–Trinajstić information content (AvgIpc) is 2.46. The zero-order chi connectivity index (χ0) is 19.0. The Hall–Kier alpha value is -1.35. The number of nitrogens with two attached hydrogens (primary N) is 1. The van der Waals surface area contributed by atoms with E-state index in [0.717, 1.165) is 23.1 Å². The third-order valence-electron chi connectivity index (χ3n) is 3.63. The first-order valence-corrected chi connectivity index (χ1v) is 10.2. The summed E-state index contributed by atoms with van der Waals surface area (Å²) in [6.45, 7) is 2.85. The maximum Gasteiger partial charge on any atom is 0.304 e. The third kappa shape index (κ3) is 8.53. The number of rotatable bonds is 11. The summed E-state index contributed by atoms with van der Waals surface area (Å²) in [6.07, 6.45) is 1.35. The van der Waals surface area contributed by atoms with Gasteiger partial charge in [-0.3, -0.25) is 8.98 Å². The second-order valence-electron chi connectivity index (χ2n) is 5.87. The molecule has 0 aliphatic heterocycles. The van der Waals surface area contributed by atoms with Crippen LogP contribution in [0.3, 0.4) is 0 Å². The molecular weight excluding hydrogens is 368 g/mol. The van der Waals surface area contributed by atoms with Crippen LogP contribution in [0.4, 0.5) is 5.69 Å². The molecule has 0 spiro atoms. The summed E-state index contributed by atoms with van der Waals surface area (Å²) in [4.78, 5) is 12.7. The average molecular weight is 393 g/mol. The van der Waals surface area contributed by atoms with Crippen molar-refractivity contribution in [1.29, 1.82) is 0 Å². The van der Waals surface area contributed by atoms with Crippen molar-refractivity contribution in [3.8, 4) is 0 Å². The van der Waals surface area contributed by atoms with Crippen LogP contribution in [0.5, 0.6) is 0 Å². The number of hydrogen-bond acceptors (Lipinski definition) is 6. The van der Waals surface area contributed by atoms with Crippen molar-refractivity contribution >= 4 is 33.4 Å². The summed E-state index contributed by atoms with van der Waals surface area (Å²) >= 11 is 5.84. The smallest absolute Gasteiger partial charge is 0.304 e. The number of carbonyl (C=O) groups is 1. The molecule has 3 N–H and O–H groups in total. The fourth-order valence-electron chi connectivity index (χ4n) is 2.42. The maximum atomic E-state index is 11.1. The number of anilines is 1. The molecule has 1 rings (SSSR count). The molecule has 0 amide bonds.